The number of nitrogens with two attached hydrogens (primary N) is 1. The van der Waals surface area contributed by atoms with E-state index in [-0.39, 0.29) is 11.9 Å². The predicted octanol–water partition coefficient (Wildman–Crippen LogP) is 4.01. The number of nitrogens with one attached hydrogen (secondary N) is 1. The van der Waals surface area contributed by atoms with Gasteiger partial charge in [-0.15, -0.1) is 0 Å². The zero-order chi connectivity index (χ0) is 13.8. The fourth-order valence-electron chi connectivity index (χ4n) is 1.99. The van der Waals surface area contributed by atoms with Crippen LogP contribution < -0.4 is 11.1 Å². The molecule has 0 aliphatic carbocycles. The topological polar surface area (TPSA) is 38.0 Å². The van der Waals surface area contributed by atoms with Gasteiger partial charge in [-0.2, -0.15) is 0 Å². The average molecular weight is 323 g/mol. The fraction of sp³-hybridized carbons (Fsp3) is 0.200. The molecule has 0 aliphatic rings. The lowest BCUT2D eigenvalue weighted by Gasteiger charge is -2.19. The van der Waals surface area contributed by atoms with Gasteiger partial charge in [0.25, 0.3) is 0 Å². The highest BCUT2D eigenvalue weighted by Crippen LogP contribution is 2.23. The number of benzene rings is 2. The number of halogens is 2. The molecule has 4 heteroatoms. The van der Waals surface area contributed by atoms with Gasteiger partial charge in [-0.05, 0) is 48.4 Å². The first kappa shape index (κ1) is 14.0. The van der Waals surface area contributed by atoms with E-state index < -0.39 is 0 Å². The molecule has 2 aromatic rings. The molecule has 1 atom stereocenters. The van der Waals surface area contributed by atoms with Crippen LogP contribution in [0.1, 0.15) is 17.2 Å². The third-order valence-corrected chi connectivity index (χ3v) is 3.35. The maximum absolute atomic E-state index is 12.9. The maximum atomic E-state index is 12.9. The fourth-order valence-corrected chi connectivity index (χ4v) is 2.60. The van der Waals surface area contributed by atoms with Gasteiger partial charge in [-0.1, -0.05) is 28.1 Å². The van der Waals surface area contributed by atoms with Crippen LogP contribution in [0.15, 0.2) is 46.9 Å². The summed E-state index contributed by atoms with van der Waals surface area (Å²) < 4.78 is 13.9. The summed E-state index contributed by atoms with van der Waals surface area (Å²) in [6.07, 6.45) is 0. The molecular weight excluding hydrogens is 307 g/mol. The second-order valence-electron chi connectivity index (χ2n) is 4.50. The van der Waals surface area contributed by atoms with E-state index in [0.29, 0.717) is 6.54 Å². The Labute approximate surface area is 121 Å². The van der Waals surface area contributed by atoms with Crippen molar-refractivity contribution in [1.29, 1.82) is 0 Å². The predicted molar refractivity (Wildman–Crippen MR) is 80.7 cm³/mol. The van der Waals surface area contributed by atoms with Crippen LogP contribution in [-0.2, 0) is 0 Å². The standard InChI is InChI=1S/C15H16BrFN2/c1-10-6-12(16)8-14(7-10)19-15(9-18)11-2-4-13(17)5-3-11/h2-8,15,19H,9,18H2,1H3. The van der Waals surface area contributed by atoms with Gasteiger partial charge in [0.05, 0.1) is 6.04 Å². The van der Waals surface area contributed by atoms with Crippen LogP contribution in [0.25, 0.3) is 0 Å². The molecule has 0 radical (unpaired) electrons. The van der Waals surface area contributed by atoms with Crippen LogP contribution in [0, 0.1) is 12.7 Å². The van der Waals surface area contributed by atoms with Gasteiger partial charge in [0.2, 0.25) is 0 Å². The van der Waals surface area contributed by atoms with Crippen LogP contribution in [0.3, 0.4) is 0 Å². The summed E-state index contributed by atoms with van der Waals surface area (Å²) in [4.78, 5) is 0. The quantitative estimate of drug-likeness (QED) is 0.892. The molecule has 0 heterocycles. The molecule has 0 spiro atoms. The first-order valence-corrected chi connectivity index (χ1v) is 6.87. The van der Waals surface area contributed by atoms with Gasteiger partial charge in [0.15, 0.2) is 0 Å². The lowest BCUT2D eigenvalue weighted by Crippen LogP contribution is -2.20. The monoisotopic (exact) mass is 322 g/mol. The minimum Gasteiger partial charge on any atom is -0.377 e. The van der Waals surface area contributed by atoms with E-state index in [1.165, 1.54) is 12.1 Å². The Kier molecular flexibility index (Phi) is 4.56. The summed E-state index contributed by atoms with van der Waals surface area (Å²) in [6.45, 7) is 2.47. The average Bonchev–Trinajstić information content (AvgIpc) is 2.36. The smallest absolute Gasteiger partial charge is 0.123 e. The van der Waals surface area contributed by atoms with Crippen molar-refractivity contribution >= 4 is 21.6 Å². The summed E-state index contributed by atoms with van der Waals surface area (Å²) in [5.74, 6) is -0.238. The molecule has 2 rings (SSSR count). The van der Waals surface area contributed by atoms with Crippen molar-refractivity contribution in [3.63, 3.8) is 0 Å². The van der Waals surface area contributed by atoms with E-state index in [4.69, 9.17) is 5.73 Å². The molecule has 100 valence electrons. The second kappa shape index (κ2) is 6.17. The Balaban J connectivity index is 2.21. The molecule has 2 aromatic carbocycles. The van der Waals surface area contributed by atoms with Gasteiger partial charge in [0, 0.05) is 16.7 Å². The maximum Gasteiger partial charge on any atom is 0.123 e. The molecular formula is C15H16BrFN2. The van der Waals surface area contributed by atoms with E-state index >= 15 is 0 Å². The van der Waals surface area contributed by atoms with Crippen LogP contribution in [-0.4, -0.2) is 6.54 Å². The largest absolute Gasteiger partial charge is 0.377 e. The highest BCUT2D eigenvalue weighted by molar-refractivity contribution is 9.10. The van der Waals surface area contributed by atoms with E-state index in [0.717, 1.165) is 21.3 Å². The second-order valence-corrected chi connectivity index (χ2v) is 5.42. The van der Waals surface area contributed by atoms with E-state index in [9.17, 15) is 4.39 Å². The molecule has 3 N–H and O–H groups in total. The van der Waals surface area contributed by atoms with Crippen molar-refractivity contribution in [3.8, 4) is 0 Å². The molecule has 0 bridgehead atoms. The van der Waals surface area contributed by atoms with E-state index in [1.54, 1.807) is 12.1 Å². The molecule has 0 aliphatic heterocycles. The minimum atomic E-state index is -0.238. The molecule has 0 aromatic heterocycles. The van der Waals surface area contributed by atoms with Gasteiger partial charge in [-0.25, -0.2) is 4.39 Å². The van der Waals surface area contributed by atoms with Crippen molar-refractivity contribution in [2.75, 3.05) is 11.9 Å². The van der Waals surface area contributed by atoms with Crippen molar-refractivity contribution < 1.29 is 4.39 Å². The van der Waals surface area contributed by atoms with Crippen molar-refractivity contribution in [3.05, 3.63) is 63.9 Å². The zero-order valence-electron chi connectivity index (χ0n) is 10.7. The first-order valence-electron chi connectivity index (χ1n) is 6.08. The first-order chi connectivity index (χ1) is 9.08. The number of hydrogen-bond acceptors (Lipinski definition) is 2. The van der Waals surface area contributed by atoms with Gasteiger partial charge < -0.3 is 11.1 Å². The van der Waals surface area contributed by atoms with Crippen molar-refractivity contribution in [1.82, 2.24) is 0 Å². The molecule has 0 fully saturated rings. The van der Waals surface area contributed by atoms with Gasteiger partial charge >= 0.3 is 0 Å². The molecule has 0 saturated carbocycles. The summed E-state index contributed by atoms with van der Waals surface area (Å²) in [5.41, 5.74) is 8.92. The zero-order valence-corrected chi connectivity index (χ0v) is 12.2. The molecule has 0 saturated heterocycles. The highest BCUT2D eigenvalue weighted by Gasteiger charge is 2.10. The third-order valence-electron chi connectivity index (χ3n) is 2.89. The Morgan fingerprint density at radius 1 is 1.21 bits per heavy atom. The molecule has 2 nitrogen and oxygen atoms in total. The number of rotatable bonds is 4. The summed E-state index contributed by atoms with van der Waals surface area (Å²) in [5, 5.41) is 3.37. The SMILES string of the molecule is Cc1cc(Br)cc(NC(CN)c2ccc(F)cc2)c1. The minimum absolute atomic E-state index is 0.0331. The van der Waals surface area contributed by atoms with Crippen molar-refractivity contribution in [2.45, 2.75) is 13.0 Å². The van der Waals surface area contributed by atoms with E-state index in [1.807, 2.05) is 19.1 Å². The van der Waals surface area contributed by atoms with E-state index in [2.05, 4.69) is 27.3 Å². The molecule has 19 heavy (non-hydrogen) atoms. The van der Waals surface area contributed by atoms with Gasteiger partial charge in [0.1, 0.15) is 5.82 Å². The molecule has 0 amide bonds. The summed E-state index contributed by atoms with van der Waals surface area (Å²) in [7, 11) is 0. The Hall–Kier alpha value is -1.39. The van der Waals surface area contributed by atoms with Crippen LogP contribution in [0.4, 0.5) is 10.1 Å². The van der Waals surface area contributed by atoms with Crippen LogP contribution in [0.2, 0.25) is 0 Å². The lowest BCUT2D eigenvalue weighted by molar-refractivity contribution is 0.626. The summed E-state index contributed by atoms with van der Waals surface area (Å²) >= 11 is 3.47. The Morgan fingerprint density at radius 3 is 2.47 bits per heavy atom. The highest BCUT2D eigenvalue weighted by atomic mass is 79.9. The Bertz CT molecular complexity index is 534. The number of hydrogen-bond donors (Lipinski definition) is 2. The Morgan fingerprint density at radius 2 is 1.89 bits per heavy atom. The normalized spacial score (nSPS) is 12.2. The van der Waals surface area contributed by atoms with Crippen LogP contribution in [0.5, 0.6) is 0 Å². The number of anilines is 1. The van der Waals surface area contributed by atoms with Gasteiger partial charge in [-0.3, -0.25) is 0 Å². The number of aryl methyl sites for hydroxylation is 1. The lowest BCUT2D eigenvalue weighted by atomic mass is 10.1. The van der Waals surface area contributed by atoms with Crippen LogP contribution >= 0.6 is 15.9 Å². The summed E-state index contributed by atoms with van der Waals surface area (Å²) in [6, 6.07) is 12.5. The third kappa shape index (κ3) is 3.78. The van der Waals surface area contributed by atoms with Crippen molar-refractivity contribution in [2.24, 2.45) is 5.73 Å². The molecule has 1 unspecified atom stereocenters.